The predicted molar refractivity (Wildman–Crippen MR) is 156 cm³/mol. The second kappa shape index (κ2) is 12.6. The maximum Gasteiger partial charge on any atom is 0.0698 e. The molecule has 0 saturated heterocycles. The quantitative estimate of drug-likeness (QED) is 0.218. The van der Waals surface area contributed by atoms with Gasteiger partial charge in [0, 0.05) is 28.3 Å². The summed E-state index contributed by atoms with van der Waals surface area (Å²) in [6, 6.07) is 19.7. The van der Waals surface area contributed by atoms with E-state index >= 15 is 0 Å². The Kier molecular flexibility index (Phi) is 9.23. The van der Waals surface area contributed by atoms with Crippen LogP contribution in [-0.4, -0.2) is 5.71 Å². The van der Waals surface area contributed by atoms with Crippen molar-refractivity contribution in [1.29, 1.82) is 5.41 Å². The molecule has 3 heteroatoms. The summed E-state index contributed by atoms with van der Waals surface area (Å²) in [6.45, 7) is 6.63. The van der Waals surface area contributed by atoms with E-state index in [-0.39, 0.29) is 0 Å². The molecule has 2 aromatic carbocycles. The summed E-state index contributed by atoms with van der Waals surface area (Å²) in [5, 5.41) is 9.08. The lowest BCUT2D eigenvalue weighted by Gasteiger charge is -2.25. The Balaban J connectivity index is 1.65. The molecule has 1 atom stereocenters. The van der Waals surface area contributed by atoms with Crippen molar-refractivity contribution in [3.63, 3.8) is 0 Å². The number of hydrogen-bond acceptors (Lipinski definition) is 3. The van der Waals surface area contributed by atoms with Crippen LogP contribution in [0.4, 0.5) is 0 Å². The second-order valence-corrected chi connectivity index (χ2v) is 11.9. The van der Waals surface area contributed by atoms with Gasteiger partial charge in [-0.3, -0.25) is 0 Å². The van der Waals surface area contributed by atoms with Gasteiger partial charge < -0.3 is 5.41 Å². The highest BCUT2D eigenvalue weighted by Crippen LogP contribution is 2.45. The SMILES string of the molecule is CCC/C=C/C=C(\CC)Cc1sc(SCc2ccccc2)c2c1CC(c1ccc(C)cc1)CC2=N. The van der Waals surface area contributed by atoms with Crippen molar-refractivity contribution in [3.05, 3.63) is 111 Å². The van der Waals surface area contributed by atoms with Crippen molar-refractivity contribution in [2.45, 2.75) is 75.2 Å². The topological polar surface area (TPSA) is 23.9 Å². The number of aryl methyl sites for hydroxylation is 1. The van der Waals surface area contributed by atoms with Crippen molar-refractivity contribution in [1.82, 2.24) is 0 Å². The van der Waals surface area contributed by atoms with Gasteiger partial charge in [-0.05, 0) is 55.2 Å². The van der Waals surface area contributed by atoms with Crippen LogP contribution in [0.15, 0.2) is 82.6 Å². The molecule has 3 aromatic rings. The Bertz CT molecular complexity index is 1180. The monoisotopic (exact) mass is 499 g/mol. The third-order valence-corrected chi connectivity index (χ3v) is 9.36. The molecule has 0 aliphatic heterocycles. The number of benzene rings is 2. The number of rotatable bonds is 10. The standard InChI is InChI=1S/C32H37NS2/c1-4-6-7-9-12-24(5-2)19-30-28-20-27(26-17-15-23(3)16-18-26)21-29(33)31(28)32(35-30)34-22-25-13-10-8-11-14-25/h7-18,27,33H,4-6,19-22H2,1-3H3/b9-7+,24-12+,33-29?. The minimum atomic E-state index is 0.398. The van der Waals surface area contributed by atoms with E-state index in [2.05, 4.69) is 93.6 Å². The lowest BCUT2D eigenvalue weighted by atomic mass is 9.79. The first-order valence-corrected chi connectivity index (χ1v) is 14.7. The molecule has 1 nitrogen and oxygen atoms in total. The number of nitrogens with one attached hydrogen (secondary N) is 1. The summed E-state index contributed by atoms with van der Waals surface area (Å²) < 4.78 is 1.34. The molecule has 1 unspecified atom stereocenters. The van der Waals surface area contributed by atoms with Crippen LogP contribution in [0.5, 0.6) is 0 Å². The molecule has 1 aliphatic carbocycles. The Hall–Kier alpha value is -2.36. The zero-order chi connectivity index (χ0) is 24.6. The van der Waals surface area contributed by atoms with Gasteiger partial charge in [0.25, 0.3) is 0 Å². The van der Waals surface area contributed by atoms with Crippen LogP contribution < -0.4 is 0 Å². The van der Waals surface area contributed by atoms with E-state index in [1.165, 1.54) is 48.9 Å². The first-order chi connectivity index (χ1) is 17.1. The molecule has 35 heavy (non-hydrogen) atoms. The molecule has 0 bridgehead atoms. The molecule has 1 aromatic heterocycles. The van der Waals surface area contributed by atoms with Gasteiger partial charge in [-0.1, -0.05) is 104 Å². The van der Waals surface area contributed by atoms with E-state index in [0.717, 1.165) is 43.6 Å². The van der Waals surface area contributed by atoms with Gasteiger partial charge in [0.2, 0.25) is 0 Å². The number of allylic oxidation sites excluding steroid dienone is 4. The van der Waals surface area contributed by atoms with E-state index < -0.39 is 0 Å². The van der Waals surface area contributed by atoms with Crippen molar-refractivity contribution in [2.75, 3.05) is 0 Å². The highest BCUT2D eigenvalue weighted by molar-refractivity contribution is 8.00. The van der Waals surface area contributed by atoms with Crippen LogP contribution in [0.1, 0.15) is 78.1 Å². The summed E-state index contributed by atoms with van der Waals surface area (Å²) in [7, 11) is 0. The molecule has 0 radical (unpaired) electrons. The first-order valence-electron chi connectivity index (χ1n) is 12.9. The van der Waals surface area contributed by atoms with Crippen molar-refractivity contribution in [3.8, 4) is 0 Å². The fraction of sp³-hybridized carbons (Fsp3) is 0.344. The number of fused-ring (bicyclic) bond motifs is 1. The highest BCUT2D eigenvalue weighted by atomic mass is 32.2. The minimum Gasteiger partial charge on any atom is -0.305 e. The molecule has 182 valence electrons. The molecule has 1 aliphatic rings. The summed E-state index contributed by atoms with van der Waals surface area (Å²) >= 11 is 3.86. The van der Waals surface area contributed by atoms with Gasteiger partial charge in [-0.15, -0.1) is 23.1 Å². The summed E-state index contributed by atoms with van der Waals surface area (Å²) in [5.41, 5.74) is 8.98. The Morgan fingerprint density at radius 3 is 2.54 bits per heavy atom. The van der Waals surface area contributed by atoms with E-state index in [4.69, 9.17) is 5.41 Å². The number of thiophene rings is 1. The number of thioether (sulfide) groups is 1. The smallest absolute Gasteiger partial charge is 0.0698 e. The predicted octanol–water partition coefficient (Wildman–Crippen LogP) is 9.68. The molecule has 1 N–H and O–H groups in total. The lowest BCUT2D eigenvalue weighted by molar-refractivity contribution is 0.690. The average molecular weight is 500 g/mol. The number of unbranched alkanes of at least 4 members (excludes halogenated alkanes) is 1. The summed E-state index contributed by atoms with van der Waals surface area (Å²) in [6.07, 6.45) is 13.1. The summed E-state index contributed by atoms with van der Waals surface area (Å²) in [5.74, 6) is 1.35. The van der Waals surface area contributed by atoms with E-state index in [1.807, 2.05) is 23.1 Å². The molecule has 0 fully saturated rings. The van der Waals surface area contributed by atoms with Gasteiger partial charge in [-0.2, -0.15) is 0 Å². The average Bonchev–Trinajstić information content (AvgIpc) is 3.23. The molecule has 0 saturated carbocycles. The van der Waals surface area contributed by atoms with Gasteiger partial charge in [0.15, 0.2) is 0 Å². The van der Waals surface area contributed by atoms with Gasteiger partial charge in [0.1, 0.15) is 0 Å². The fourth-order valence-corrected chi connectivity index (χ4v) is 7.43. The second-order valence-electron chi connectivity index (χ2n) is 9.51. The highest BCUT2D eigenvalue weighted by Gasteiger charge is 2.30. The first kappa shape index (κ1) is 25.7. The van der Waals surface area contributed by atoms with Crippen molar-refractivity contribution < 1.29 is 0 Å². The normalized spacial score (nSPS) is 16.1. The molecule has 0 amide bonds. The molecular formula is C32H37NS2. The molecule has 0 spiro atoms. The number of hydrogen-bond donors (Lipinski definition) is 1. The van der Waals surface area contributed by atoms with Crippen molar-refractivity contribution in [2.24, 2.45) is 0 Å². The fourth-order valence-electron chi connectivity index (χ4n) is 4.69. The molecule has 4 rings (SSSR count). The van der Waals surface area contributed by atoms with Crippen LogP contribution in [0, 0.1) is 12.3 Å². The van der Waals surface area contributed by atoms with Crippen LogP contribution >= 0.6 is 23.1 Å². The summed E-state index contributed by atoms with van der Waals surface area (Å²) in [4.78, 5) is 1.47. The van der Waals surface area contributed by atoms with Gasteiger partial charge in [-0.25, -0.2) is 0 Å². The third kappa shape index (κ3) is 6.65. The van der Waals surface area contributed by atoms with Crippen molar-refractivity contribution >= 4 is 28.8 Å². The van der Waals surface area contributed by atoms with Crippen LogP contribution in [0.2, 0.25) is 0 Å². The maximum atomic E-state index is 9.08. The Labute approximate surface area is 219 Å². The minimum absolute atomic E-state index is 0.398. The van der Waals surface area contributed by atoms with E-state index in [9.17, 15) is 0 Å². The van der Waals surface area contributed by atoms with Crippen LogP contribution in [0.25, 0.3) is 0 Å². The van der Waals surface area contributed by atoms with Gasteiger partial charge in [0.05, 0.1) is 4.21 Å². The molecular weight excluding hydrogens is 462 g/mol. The third-order valence-electron chi connectivity index (χ3n) is 6.79. The Morgan fingerprint density at radius 2 is 1.83 bits per heavy atom. The maximum absolute atomic E-state index is 9.08. The lowest BCUT2D eigenvalue weighted by Crippen LogP contribution is -2.19. The Morgan fingerprint density at radius 1 is 1.06 bits per heavy atom. The zero-order valence-electron chi connectivity index (χ0n) is 21.3. The zero-order valence-corrected chi connectivity index (χ0v) is 22.9. The van der Waals surface area contributed by atoms with Gasteiger partial charge >= 0.3 is 0 Å². The van der Waals surface area contributed by atoms with Crippen LogP contribution in [-0.2, 0) is 18.6 Å². The van der Waals surface area contributed by atoms with Crippen LogP contribution in [0.3, 0.4) is 0 Å². The largest absolute Gasteiger partial charge is 0.305 e. The molecule has 1 heterocycles. The van der Waals surface area contributed by atoms with E-state index in [0.29, 0.717) is 5.92 Å². The van der Waals surface area contributed by atoms with E-state index in [1.54, 1.807) is 0 Å².